The first-order valence-electron chi connectivity index (χ1n) is 0.632. The van der Waals surface area contributed by atoms with E-state index >= 15 is 0 Å². The average molecular weight is 159 g/mol. The monoisotopic (exact) mass is 159 g/mol. The molecule has 0 aliphatic carbocycles. The summed E-state index contributed by atoms with van der Waals surface area (Å²) in [6, 6.07) is 0. The molecule has 0 bridgehead atoms. The van der Waals surface area contributed by atoms with Gasteiger partial charge in [-0.3, -0.25) is 0 Å². The fraction of sp³-hybridized carbons (Fsp3) is 0. The molecule has 0 atom stereocenters. The molecule has 6 heavy (non-hydrogen) atoms. The van der Waals surface area contributed by atoms with Gasteiger partial charge in [0.2, 0.25) is 0 Å². The minimum atomic E-state index is -5.38. The van der Waals surface area contributed by atoms with Gasteiger partial charge in [-0.1, -0.05) is 0 Å². The molecule has 0 aliphatic heterocycles. The van der Waals surface area contributed by atoms with Crippen molar-refractivity contribution in [1.82, 2.24) is 0 Å². The van der Waals surface area contributed by atoms with Crippen LogP contribution in [0.2, 0.25) is 0 Å². The van der Waals surface area contributed by atoms with Gasteiger partial charge in [0, 0.05) is 0 Å². The van der Waals surface area contributed by atoms with E-state index in [1.165, 1.54) is 0 Å². The van der Waals surface area contributed by atoms with Crippen molar-refractivity contribution in [2.24, 2.45) is 0 Å². The predicted molar refractivity (Wildman–Crippen MR) is 3.59 cm³/mol. The molecule has 0 fully saturated rings. The molecule has 0 amide bonds. The third kappa shape index (κ3) is 44.2. The summed E-state index contributed by atoms with van der Waals surface area (Å²) in [4.78, 5) is 0. The van der Waals surface area contributed by atoms with Gasteiger partial charge in [-0.25, -0.2) is 0 Å². The molecule has 0 unspecified atom stereocenters. The van der Waals surface area contributed by atoms with Gasteiger partial charge in [0.15, 0.2) is 0 Å². The van der Waals surface area contributed by atoms with E-state index < -0.39 is 13.4 Å². The van der Waals surface area contributed by atoms with Crippen LogP contribution in [0.15, 0.2) is 0 Å². The van der Waals surface area contributed by atoms with Crippen molar-refractivity contribution in [3.05, 3.63) is 0 Å². The number of hydrogen-bond acceptors (Lipinski definition) is 3. The number of hydrogen-bond donors (Lipinski definition) is 1. The fourth-order valence-electron chi connectivity index (χ4n) is 0. The third-order valence-corrected chi connectivity index (χ3v) is 0. The van der Waals surface area contributed by atoms with E-state index in [2.05, 4.69) is 0 Å². The van der Waals surface area contributed by atoms with Gasteiger partial charge >= 0.3 is 80.8 Å². The Bertz CT molecular complexity index is 90.7. The van der Waals surface area contributed by atoms with Crippen LogP contribution in [0.4, 0.5) is 0 Å². The molecule has 4 nitrogen and oxygen atoms in total. The molecule has 0 saturated carbocycles. The van der Waals surface area contributed by atoms with Crippen molar-refractivity contribution in [3.8, 4) is 0 Å². The van der Waals surface area contributed by atoms with Crippen molar-refractivity contribution in [1.29, 1.82) is 0 Å². The quantitative estimate of drug-likeness (QED) is 0.359. The van der Waals surface area contributed by atoms with E-state index in [-0.39, 0.29) is 51.4 Å². The van der Waals surface area contributed by atoms with E-state index in [4.69, 9.17) is 16.0 Å². The van der Waals surface area contributed by atoms with E-state index in [0.717, 1.165) is 0 Å². The van der Waals surface area contributed by atoms with E-state index in [9.17, 15) is 0 Å². The molecule has 0 radical (unpaired) electrons. The van der Waals surface area contributed by atoms with Crippen LogP contribution < -0.4 is 55.6 Å². The van der Waals surface area contributed by atoms with Crippen LogP contribution in [0.5, 0.6) is 0 Å². The fourth-order valence-corrected chi connectivity index (χ4v) is 0. The SMILES string of the molecule is [K+].[O]=[Mn](=[O])([O-])[OH]. The summed E-state index contributed by atoms with van der Waals surface area (Å²) < 4.78 is 33.1. The Labute approximate surface area is 79.3 Å². The molecule has 33 valence electrons. The summed E-state index contributed by atoms with van der Waals surface area (Å²) in [5, 5.41) is 0. The summed E-state index contributed by atoms with van der Waals surface area (Å²) in [6.07, 6.45) is 0. The summed E-state index contributed by atoms with van der Waals surface area (Å²) in [6.45, 7) is 0. The van der Waals surface area contributed by atoms with Crippen molar-refractivity contribution in [3.63, 3.8) is 0 Å². The molecule has 0 saturated heterocycles. The first kappa shape index (κ1) is 10.6. The zero-order valence-electron chi connectivity index (χ0n) is 3.05. The van der Waals surface area contributed by atoms with Gasteiger partial charge in [-0.15, -0.1) is 0 Å². The van der Waals surface area contributed by atoms with Crippen LogP contribution in [-0.2, 0) is 21.0 Å². The third-order valence-electron chi connectivity index (χ3n) is 0. The maximum atomic E-state index is 8.69. The first-order valence-corrected chi connectivity index (χ1v) is 2.61. The van der Waals surface area contributed by atoms with Crippen molar-refractivity contribution in [2.75, 3.05) is 0 Å². The molecule has 0 aromatic carbocycles. The van der Waals surface area contributed by atoms with Gasteiger partial charge in [-0.2, -0.15) is 0 Å². The van der Waals surface area contributed by atoms with Crippen LogP contribution in [0.25, 0.3) is 0 Å². The van der Waals surface area contributed by atoms with Crippen LogP contribution in [-0.4, -0.2) is 4.19 Å². The Morgan fingerprint density at radius 2 is 1.50 bits per heavy atom. The second-order valence-corrected chi connectivity index (χ2v) is 1.63. The van der Waals surface area contributed by atoms with Gasteiger partial charge < -0.3 is 0 Å². The Morgan fingerprint density at radius 3 is 1.50 bits per heavy atom. The summed E-state index contributed by atoms with van der Waals surface area (Å²) >= 11 is -5.38. The second-order valence-electron chi connectivity index (χ2n) is 0.396. The van der Waals surface area contributed by atoms with Crippen molar-refractivity contribution in [2.45, 2.75) is 0 Å². The maximum absolute atomic E-state index is 8.69. The van der Waals surface area contributed by atoms with Crippen LogP contribution in [0.1, 0.15) is 0 Å². The number of rotatable bonds is 0. The summed E-state index contributed by atoms with van der Waals surface area (Å²) in [7, 11) is 0. The predicted octanol–water partition coefficient (Wildman–Crippen LogP) is -4.98. The van der Waals surface area contributed by atoms with Crippen molar-refractivity contribution < 1.29 is 80.8 Å². The Morgan fingerprint density at radius 1 is 1.50 bits per heavy atom. The minimum absolute atomic E-state index is 0. The van der Waals surface area contributed by atoms with Crippen LogP contribution in [0.3, 0.4) is 0 Å². The molecule has 1 N–H and O–H groups in total. The first-order chi connectivity index (χ1) is 2.00. The molecule has 0 aliphatic rings. The van der Waals surface area contributed by atoms with Gasteiger partial charge in [0.25, 0.3) is 0 Å². The molecule has 0 aromatic heterocycles. The topological polar surface area (TPSA) is 77.4 Å². The van der Waals surface area contributed by atoms with Gasteiger partial charge in [0.1, 0.15) is 0 Å². The zero-order chi connectivity index (χ0) is 4.50. The van der Waals surface area contributed by atoms with Crippen LogP contribution >= 0.6 is 0 Å². The molecule has 0 aromatic rings. The normalized spacial score (nSPS) is 9.67. The van der Waals surface area contributed by atoms with E-state index in [1.807, 2.05) is 0 Å². The summed E-state index contributed by atoms with van der Waals surface area (Å²) in [5.41, 5.74) is 0. The van der Waals surface area contributed by atoms with E-state index in [1.54, 1.807) is 0 Å². The molecular weight excluding hydrogens is 158 g/mol. The van der Waals surface area contributed by atoms with Gasteiger partial charge in [0.05, 0.1) is 0 Å². The second kappa shape index (κ2) is 3.65. The van der Waals surface area contributed by atoms with Crippen LogP contribution in [0, 0.1) is 0 Å². The molecular formula is HKMnO4. The molecule has 0 heterocycles. The molecule has 0 spiro atoms. The Hall–Kier alpha value is 1.68. The average Bonchev–Trinajstić information content (AvgIpc) is 0.722. The molecule has 6 heteroatoms. The molecule has 0 rings (SSSR count). The Kier molecular flexibility index (Phi) is 6.46. The summed E-state index contributed by atoms with van der Waals surface area (Å²) in [5.74, 6) is 0. The van der Waals surface area contributed by atoms with Crippen molar-refractivity contribution >= 4 is 0 Å². The standard InChI is InChI=1S/K.Mn.H2O.3O/h;;1H2;;;/q2*+1;;;;-1/p-1. The Balaban J connectivity index is 0. The van der Waals surface area contributed by atoms with E-state index in [0.29, 0.717) is 0 Å². The zero-order valence-corrected chi connectivity index (χ0v) is 7.35. The van der Waals surface area contributed by atoms with Gasteiger partial charge in [-0.05, 0) is 0 Å².